The molecule has 60 heavy (non-hydrogen) atoms. The van der Waals surface area contributed by atoms with Crippen molar-refractivity contribution in [3.63, 3.8) is 0 Å². The number of halogens is 9. The van der Waals surface area contributed by atoms with Crippen LogP contribution in [0.25, 0.3) is 0 Å². The Hall–Kier alpha value is -3.56. The zero-order chi connectivity index (χ0) is 45.6. The van der Waals surface area contributed by atoms with Crippen LogP contribution in [-0.2, 0) is 42.0 Å². The van der Waals surface area contributed by atoms with Crippen molar-refractivity contribution in [2.24, 2.45) is 0 Å². The molecule has 0 N–H and O–H groups in total. The largest absolute Gasteiger partial charge is 0.743 e. The van der Waals surface area contributed by atoms with Crippen LogP contribution in [0.3, 0.4) is 0 Å². The predicted molar refractivity (Wildman–Crippen MR) is 208 cm³/mol. The van der Waals surface area contributed by atoms with E-state index in [0.717, 1.165) is 0 Å². The van der Waals surface area contributed by atoms with Crippen molar-refractivity contribution < 1.29 is 82.3 Å². The van der Waals surface area contributed by atoms with Crippen LogP contribution >= 0.6 is 0 Å². The van der Waals surface area contributed by atoms with E-state index in [9.17, 15) is 61.1 Å². The van der Waals surface area contributed by atoms with Gasteiger partial charge in [0.25, 0.3) is 0 Å². The summed E-state index contributed by atoms with van der Waals surface area (Å²) in [6, 6.07) is 50.6. The quantitative estimate of drug-likeness (QED) is 0.0613. The highest BCUT2D eigenvalue weighted by molar-refractivity contribution is 7.97. The molecule has 0 aliphatic heterocycles. The molecular weight excluding hydrogens is 976 g/mol. The van der Waals surface area contributed by atoms with Gasteiger partial charge in [0.1, 0.15) is 0 Å². The molecule has 0 aliphatic rings. The first-order valence-corrected chi connectivity index (χ1v) is 23.7. The van der Waals surface area contributed by atoms with Crippen LogP contribution in [0.4, 0.5) is 35.1 Å². The molecular formula is C42H41F8IO6S3. The molecule has 0 saturated carbocycles. The summed E-state index contributed by atoms with van der Waals surface area (Å²) in [6.07, 6.45) is 0. The molecule has 0 heterocycles. The molecule has 5 aromatic rings. The topological polar surface area (TPSA) is 114 Å². The summed E-state index contributed by atoms with van der Waals surface area (Å²) < 4.78 is 161. The summed E-state index contributed by atoms with van der Waals surface area (Å²) in [7, 11) is -15.2. The first-order chi connectivity index (χ1) is 27.4. The predicted octanol–water partition coefficient (Wildman–Crippen LogP) is 7.73. The Morgan fingerprint density at radius 3 is 0.850 bits per heavy atom. The highest BCUT2D eigenvalue weighted by Gasteiger charge is 2.84. The van der Waals surface area contributed by atoms with Gasteiger partial charge in [0.2, 0.25) is 0 Å². The molecule has 6 nitrogen and oxygen atoms in total. The van der Waals surface area contributed by atoms with Crippen LogP contribution in [0.2, 0.25) is 0 Å². The average molecular weight is 1020 g/mol. The zero-order valence-corrected chi connectivity index (χ0v) is 37.5. The van der Waals surface area contributed by atoms with Gasteiger partial charge in [-0.3, -0.25) is 0 Å². The molecule has 0 unspecified atom stereocenters. The monoisotopic (exact) mass is 1020 g/mol. The van der Waals surface area contributed by atoms with E-state index in [0.29, 0.717) is 0 Å². The van der Waals surface area contributed by atoms with Crippen molar-refractivity contribution >= 4 is 31.1 Å². The van der Waals surface area contributed by atoms with Gasteiger partial charge in [-0.05, 0) is 82.6 Å². The molecule has 0 atom stereocenters. The van der Waals surface area contributed by atoms with Crippen LogP contribution in [0, 0.1) is 7.14 Å². The summed E-state index contributed by atoms with van der Waals surface area (Å²) in [5, 5.41) is -14.6. The lowest BCUT2D eigenvalue weighted by atomic mass is 9.87. The van der Waals surface area contributed by atoms with E-state index in [4.69, 9.17) is 0 Å². The molecule has 0 fully saturated rings. The second-order valence-electron chi connectivity index (χ2n) is 14.9. The number of hydrogen-bond acceptors (Lipinski definition) is 6. The van der Waals surface area contributed by atoms with Crippen LogP contribution in [0.5, 0.6) is 0 Å². The fourth-order valence-corrected chi connectivity index (χ4v) is 10.1. The van der Waals surface area contributed by atoms with Gasteiger partial charge >= 0.3 is 43.6 Å². The maximum Gasteiger partial charge on any atom is 0.402 e. The van der Waals surface area contributed by atoms with E-state index in [1.165, 1.54) is 33.0 Å². The molecule has 0 spiro atoms. The minimum atomic E-state index is -7.68. The molecule has 0 saturated heterocycles. The molecule has 0 amide bonds. The molecule has 0 aliphatic carbocycles. The smallest absolute Gasteiger partial charge is 0.402 e. The van der Waals surface area contributed by atoms with Crippen LogP contribution in [0.15, 0.2) is 154 Å². The minimum Gasteiger partial charge on any atom is -0.743 e. The molecule has 0 bridgehead atoms. The molecule has 326 valence electrons. The lowest BCUT2D eigenvalue weighted by Crippen LogP contribution is -3.61. The van der Waals surface area contributed by atoms with E-state index >= 15 is 0 Å². The lowest BCUT2D eigenvalue weighted by Gasteiger charge is -2.37. The normalized spacial score (nSPS) is 13.2. The van der Waals surface area contributed by atoms with Crippen molar-refractivity contribution in [3.05, 3.63) is 158 Å². The Bertz CT molecular complexity index is 2160. The number of rotatable bonds is 10. The summed E-state index contributed by atoms with van der Waals surface area (Å²) in [6.45, 7) is 13.6. The third-order valence-corrected chi connectivity index (χ3v) is 15.0. The summed E-state index contributed by atoms with van der Waals surface area (Å²) in [5.74, 6) is -15.4. The van der Waals surface area contributed by atoms with E-state index in [2.05, 4.69) is 181 Å². The SMILES string of the molecule is CC(C)(C)c1ccc([I+]c2ccc(C(C)(C)C)cc2)cc1.O=S(=O)([O-])C(F)(F)C(F)(F)C(F)(F)C(F)(F)S(=O)(=O)[O-].c1ccc([S+](c2ccccc2)c2ccccc2)cc1. The number of benzene rings is 5. The first kappa shape index (κ1) is 50.8. The van der Waals surface area contributed by atoms with Crippen LogP contribution < -0.4 is 21.2 Å². The maximum absolute atomic E-state index is 12.5. The van der Waals surface area contributed by atoms with E-state index in [1.54, 1.807) is 0 Å². The standard InChI is InChI=1S/C20H26I.C18H15S.C4H2F8O6S2/c1-19(2,3)15-7-11-17(12-8-15)21-18-13-9-16(10-14-18)20(4,5)6;1-4-10-16(11-5-1)19(17-12-6-2-7-13-17)18-14-8-3-9-15-18;5-1(6,3(9,10)19(13,14)15)2(7,8)4(11,12)20(16,17)18/h7-14H,1-6H3;1-15H;(H,13,14,15)(H,16,17,18)/q2*+1;/p-2. The Labute approximate surface area is 358 Å². The van der Waals surface area contributed by atoms with Gasteiger partial charge in [-0.2, -0.15) is 35.1 Å². The van der Waals surface area contributed by atoms with E-state index in [1.807, 2.05) is 0 Å². The third kappa shape index (κ3) is 12.1. The van der Waals surface area contributed by atoms with Crippen LogP contribution in [-0.4, -0.2) is 48.3 Å². The van der Waals surface area contributed by atoms with Gasteiger partial charge in [0.05, 0.1) is 10.9 Å². The van der Waals surface area contributed by atoms with Gasteiger partial charge in [0, 0.05) is 0 Å². The fourth-order valence-electron chi connectivity index (χ4n) is 4.91. The first-order valence-electron chi connectivity index (χ1n) is 17.5. The van der Waals surface area contributed by atoms with Crippen molar-refractivity contribution in [2.75, 3.05) is 0 Å². The van der Waals surface area contributed by atoms with Gasteiger partial charge in [-0.1, -0.05) is 120 Å². The van der Waals surface area contributed by atoms with Gasteiger partial charge in [-0.15, -0.1) is 0 Å². The maximum atomic E-state index is 12.5. The summed E-state index contributed by atoms with van der Waals surface area (Å²) >= 11 is -0.0703. The molecule has 18 heteroatoms. The second kappa shape index (κ2) is 19.2. The molecule has 0 aromatic heterocycles. The Morgan fingerprint density at radius 1 is 0.417 bits per heavy atom. The summed E-state index contributed by atoms with van der Waals surface area (Å²) in [5.41, 5.74) is 3.31. The lowest BCUT2D eigenvalue weighted by molar-refractivity contribution is -0.597. The average Bonchev–Trinajstić information content (AvgIpc) is 3.15. The Kier molecular flexibility index (Phi) is 16.3. The third-order valence-electron chi connectivity index (χ3n) is 8.33. The van der Waals surface area contributed by atoms with E-state index < -0.39 is 42.6 Å². The minimum absolute atomic E-state index is 0.0146. The molecule has 5 rings (SSSR count). The van der Waals surface area contributed by atoms with Crippen molar-refractivity contribution in [1.29, 1.82) is 0 Å². The number of alkyl halides is 8. The van der Waals surface area contributed by atoms with Gasteiger partial charge < -0.3 is 9.11 Å². The Morgan fingerprint density at radius 2 is 0.650 bits per heavy atom. The van der Waals surface area contributed by atoms with Gasteiger partial charge in [-0.25, -0.2) is 16.8 Å². The van der Waals surface area contributed by atoms with Crippen molar-refractivity contribution in [1.82, 2.24) is 0 Å². The Balaban J connectivity index is 0.000000240. The molecule has 5 aromatic carbocycles. The zero-order valence-electron chi connectivity index (χ0n) is 32.9. The van der Waals surface area contributed by atoms with Crippen molar-refractivity contribution in [2.45, 2.75) is 89.4 Å². The van der Waals surface area contributed by atoms with Gasteiger partial charge in [0.15, 0.2) is 42.1 Å². The van der Waals surface area contributed by atoms with E-state index in [-0.39, 0.29) is 42.9 Å². The van der Waals surface area contributed by atoms with Crippen LogP contribution in [0.1, 0.15) is 52.7 Å². The highest BCUT2D eigenvalue weighted by atomic mass is 127. The van der Waals surface area contributed by atoms with Crippen molar-refractivity contribution in [3.8, 4) is 0 Å². The highest BCUT2D eigenvalue weighted by Crippen LogP contribution is 2.55. The number of hydrogen-bond donors (Lipinski definition) is 0. The fraction of sp³-hybridized carbons (Fsp3) is 0.286. The second-order valence-corrected chi connectivity index (χ2v) is 22.8. The summed E-state index contributed by atoms with van der Waals surface area (Å²) in [4.78, 5) is 4.08. The molecule has 0 radical (unpaired) electrons.